The first-order chi connectivity index (χ1) is 13.4. The van der Waals surface area contributed by atoms with Crippen molar-refractivity contribution in [2.24, 2.45) is 5.10 Å². The Morgan fingerprint density at radius 2 is 1.93 bits per heavy atom. The molecule has 0 aromatic heterocycles. The highest BCUT2D eigenvalue weighted by Gasteiger charge is 2.28. The SMILES string of the molecule is CNC(=O)N1N=C(c2ccc(N)c(Cl)c2)c2cc(OC)c(OC)cc2C[C@H]1C. The van der Waals surface area contributed by atoms with Gasteiger partial charge in [0, 0.05) is 18.2 Å². The van der Waals surface area contributed by atoms with Crippen molar-refractivity contribution in [2.75, 3.05) is 27.0 Å². The fourth-order valence-electron chi connectivity index (χ4n) is 3.22. The number of nitrogens with zero attached hydrogens (tertiary/aromatic N) is 2. The third-order valence-electron chi connectivity index (χ3n) is 4.70. The first-order valence-electron chi connectivity index (χ1n) is 8.79. The quantitative estimate of drug-likeness (QED) is 0.771. The summed E-state index contributed by atoms with van der Waals surface area (Å²) in [6.07, 6.45) is 0.596. The van der Waals surface area contributed by atoms with Gasteiger partial charge >= 0.3 is 6.03 Å². The Labute approximate surface area is 169 Å². The molecular formula is C20H23ClN4O3. The molecule has 2 amide bonds. The van der Waals surface area contributed by atoms with Crippen molar-refractivity contribution in [1.29, 1.82) is 0 Å². The van der Waals surface area contributed by atoms with Crippen molar-refractivity contribution in [3.8, 4) is 11.5 Å². The molecule has 2 aromatic carbocycles. The Hall–Kier alpha value is -2.93. The van der Waals surface area contributed by atoms with E-state index in [2.05, 4.69) is 10.4 Å². The summed E-state index contributed by atoms with van der Waals surface area (Å²) in [5, 5.41) is 9.19. The summed E-state index contributed by atoms with van der Waals surface area (Å²) in [5.41, 5.74) is 9.52. The Morgan fingerprint density at radius 1 is 1.25 bits per heavy atom. The second-order valence-electron chi connectivity index (χ2n) is 6.50. The van der Waals surface area contributed by atoms with Crippen LogP contribution in [0, 0.1) is 0 Å². The third kappa shape index (κ3) is 3.57. The number of ether oxygens (including phenoxy) is 2. The summed E-state index contributed by atoms with van der Waals surface area (Å²) < 4.78 is 10.9. The predicted octanol–water partition coefficient (Wildman–Crippen LogP) is 3.28. The van der Waals surface area contributed by atoms with Gasteiger partial charge in [0.1, 0.15) is 0 Å². The molecule has 8 heteroatoms. The maximum atomic E-state index is 12.4. The summed E-state index contributed by atoms with van der Waals surface area (Å²) in [7, 11) is 4.75. The molecule has 28 heavy (non-hydrogen) atoms. The van der Waals surface area contributed by atoms with Crippen LogP contribution in [0.5, 0.6) is 11.5 Å². The van der Waals surface area contributed by atoms with E-state index in [0.29, 0.717) is 34.3 Å². The first kappa shape index (κ1) is 19.8. The van der Waals surface area contributed by atoms with E-state index in [0.717, 1.165) is 16.7 Å². The number of hydrogen-bond acceptors (Lipinski definition) is 5. The number of nitrogens with two attached hydrogens (primary N) is 1. The topological polar surface area (TPSA) is 89.2 Å². The largest absolute Gasteiger partial charge is 0.493 e. The molecule has 1 aliphatic heterocycles. The highest BCUT2D eigenvalue weighted by molar-refractivity contribution is 6.33. The number of hydrogen-bond donors (Lipinski definition) is 2. The van der Waals surface area contributed by atoms with Gasteiger partial charge in [-0.05, 0) is 43.2 Å². The van der Waals surface area contributed by atoms with Crippen molar-refractivity contribution < 1.29 is 14.3 Å². The average Bonchev–Trinajstić information content (AvgIpc) is 2.84. The second kappa shape index (κ2) is 7.98. The summed E-state index contributed by atoms with van der Waals surface area (Å²) in [6, 6.07) is 8.63. The summed E-state index contributed by atoms with van der Waals surface area (Å²) in [4.78, 5) is 12.4. The molecule has 0 unspecified atom stereocenters. The Kier molecular flexibility index (Phi) is 5.65. The lowest BCUT2D eigenvalue weighted by atomic mass is 9.94. The molecule has 0 fully saturated rings. The van der Waals surface area contributed by atoms with E-state index in [1.807, 2.05) is 25.1 Å². The maximum Gasteiger partial charge on any atom is 0.337 e. The number of methoxy groups -OCH3 is 2. The van der Waals surface area contributed by atoms with Crippen LogP contribution in [-0.4, -0.2) is 44.1 Å². The van der Waals surface area contributed by atoms with Crippen molar-refractivity contribution >= 4 is 29.0 Å². The Morgan fingerprint density at radius 3 is 2.54 bits per heavy atom. The van der Waals surface area contributed by atoms with Crippen molar-refractivity contribution in [3.05, 3.63) is 52.0 Å². The predicted molar refractivity (Wildman–Crippen MR) is 111 cm³/mol. The van der Waals surface area contributed by atoms with Crippen LogP contribution in [0.2, 0.25) is 5.02 Å². The zero-order valence-corrected chi connectivity index (χ0v) is 17.0. The number of carbonyl (C=O) groups excluding carboxylic acids is 1. The number of carbonyl (C=O) groups is 1. The lowest BCUT2D eigenvalue weighted by Crippen LogP contribution is -2.41. The lowest BCUT2D eigenvalue weighted by Gasteiger charge is -2.22. The van der Waals surface area contributed by atoms with Crippen LogP contribution < -0.4 is 20.5 Å². The average molecular weight is 403 g/mol. The van der Waals surface area contributed by atoms with Gasteiger partial charge in [0.05, 0.1) is 36.7 Å². The summed E-state index contributed by atoms with van der Waals surface area (Å²) >= 11 is 6.24. The van der Waals surface area contributed by atoms with Crippen LogP contribution in [-0.2, 0) is 6.42 Å². The van der Waals surface area contributed by atoms with Gasteiger partial charge in [-0.3, -0.25) is 0 Å². The molecule has 1 atom stereocenters. The summed E-state index contributed by atoms with van der Waals surface area (Å²) in [5.74, 6) is 1.20. The van der Waals surface area contributed by atoms with Crippen LogP contribution in [0.4, 0.5) is 10.5 Å². The van der Waals surface area contributed by atoms with Crippen LogP contribution in [0.3, 0.4) is 0 Å². The molecule has 0 saturated carbocycles. The van der Waals surface area contributed by atoms with Crippen LogP contribution in [0.1, 0.15) is 23.6 Å². The Balaban J connectivity index is 2.27. The van der Waals surface area contributed by atoms with Crippen LogP contribution in [0.15, 0.2) is 35.4 Å². The van der Waals surface area contributed by atoms with E-state index in [-0.39, 0.29) is 12.1 Å². The number of halogens is 1. The highest BCUT2D eigenvalue weighted by Crippen LogP contribution is 2.35. The zero-order chi connectivity index (χ0) is 20.4. The van der Waals surface area contributed by atoms with Crippen molar-refractivity contribution in [2.45, 2.75) is 19.4 Å². The molecule has 3 N–H and O–H groups in total. The number of rotatable bonds is 3. The van der Waals surface area contributed by atoms with Crippen molar-refractivity contribution in [1.82, 2.24) is 10.3 Å². The van der Waals surface area contributed by atoms with E-state index < -0.39 is 0 Å². The number of fused-ring (bicyclic) bond motifs is 1. The molecule has 1 aliphatic rings. The van der Waals surface area contributed by atoms with E-state index >= 15 is 0 Å². The number of amides is 2. The molecule has 3 rings (SSSR count). The van der Waals surface area contributed by atoms with Gasteiger partial charge in [0.15, 0.2) is 11.5 Å². The smallest absolute Gasteiger partial charge is 0.337 e. The monoisotopic (exact) mass is 402 g/mol. The first-order valence-corrected chi connectivity index (χ1v) is 9.17. The van der Waals surface area contributed by atoms with Gasteiger partial charge in [-0.15, -0.1) is 0 Å². The number of urea groups is 1. The molecule has 0 bridgehead atoms. The minimum Gasteiger partial charge on any atom is -0.493 e. The standard InChI is InChI=1S/C20H23ClN4O3/c1-11-7-13-9-17(27-3)18(28-4)10-14(13)19(24-25(11)20(26)23-2)12-5-6-16(22)15(21)8-12/h5-6,8-11H,7,22H2,1-4H3,(H,23,26)/t11-/m1/s1. The van der Waals surface area contributed by atoms with Crippen molar-refractivity contribution in [3.63, 3.8) is 0 Å². The number of benzene rings is 2. The molecule has 0 saturated heterocycles. The van der Waals surface area contributed by atoms with E-state index in [9.17, 15) is 4.79 Å². The molecule has 2 aromatic rings. The van der Waals surface area contributed by atoms with Gasteiger partial charge < -0.3 is 20.5 Å². The van der Waals surface area contributed by atoms with E-state index in [1.165, 1.54) is 5.01 Å². The van der Waals surface area contributed by atoms with Gasteiger partial charge in [0.25, 0.3) is 0 Å². The van der Waals surface area contributed by atoms with E-state index in [1.54, 1.807) is 33.4 Å². The number of nitrogens with one attached hydrogen (secondary N) is 1. The Bertz CT molecular complexity index is 945. The molecule has 7 nitrogen and oxygen atoms in total. The molecule has 0 aliphatic carbocycles. The normalized spacial score (nSPS) is 16.0. The maximum absolute atomic E-state index is 12.4. The fraction of sp³-hybridized carbons (Fsp3) is 0.300. The van der Waals surface area contributed by atoms with Gasteiger partial charge in [-0.1, -0.05) is 17.7 Å². The zero-order valence-electron chi connectivity index (χ0n) is 16.2. The highest BCUT2D eigenvalue weighted by atomic mass is 35.5. The molecular weight excluding hydrogens is 380 g/mol. The van der Waals surface area contributed by atoms with Gasteiger partial charge in [-0.2, -0.15) is 5.10 Å². The van der Waals surface area contributed by atoms with E-state index in [4.69, 9.17) is 26.8 Å². The van der Waals surface area contributed by atoms with Crippen LogP contribution >= 0.6 is 11.6 Å². The minimum atomic E-state index is -0.293. The molecule has 0 spiro atoms. The molecule has 1 heterocycles. The molecule has 0 radical (unpaired) electrons. The van der Waals surface area contributed by atoms with Gasteiger partial charge in [-0.25, -0.2) is 9.80 Å². The fourth-order valence-corrected chi connectivity index (χ4v) is 3.40. The van der Waals surface area contributed by atoms with Crippen LogP contribution in [0.25, 0.3) is 0 Å². The number of anilines is 1. The minimum absolute atomic E-state index is 0.168. The lowest BCUT2D eigenvalue weighted by molar-refractivity contribution is 0.184. The number of hydrazone groups is 1. The third-order valence-corrected chi connectivity index (χ3v) is 5.03. The number of nitrogen functional groups attached to an aromatic ring is 1. The summed E-state index contributed by atoms with van der Waals surface area (Å²) in [6.45, 7) is 1.94. The second-order valence-corrected chi connectivity index (χ2v) is 6.91. The van der Waals surface area contributed by atoms with Gasteiger partial charge in [0.2, 0.25) is 0 Å². The molecule has 148 valence electrons.